The van der Waals surface area contributed by atoms with Gasteiger partial charge in [0.25, 0.3) is 0 Å². The number of anilines is 1. The molecule has 1 saturated heterocycles. The second-order valence-electron chi connectivity index (χ2n) is 7.14. The molecular weight excluding hydrogens is 418 g/mol. The van der Waals surface area contributed by atoms with Crippen molar-refractivity contribution in [1.82, 2.24) is 0 Å². The van der Waals surface area contributed by atoms with Crippen molar-refractivity contribution in [3.63, 3.8) is 0 Å². The molecule has 0 bridgehead atoms. The Kier molecular flexibility index (Phi) is 7.67. The highest BCUT2D eigenvalue weighted by Crippen LogP contribution is 2.56. The minimum Gasteiger partial charge on any atom is -0.493 e. The molecule has 0 aliphatic carbocycles. The number of nitrogens with zero attached hydrogens (tertiary/aromatic N) is 1. The van der Waals surface area contributed by atoms with Crippen LogP contribution < -0.4 is 28.7 Å². The van der Waals surface area contributed by atoms with E-state index < -0.39 is 0 Å². The maximum absolute atomic E-state index is 10.4. The van der Waals surface area contributed by atoms with Gasteiger partial charge in [-0.25, -0.2) is 0 Å². The van der Waals surface area contributed by atoms with Crippen LogP contribution in [0.4, 0.5) is 5.69 Å². The molecule has 0 spiro atoms. The summed E-state index contributed by atoms with van der Waals surface area (Å²) in [6.07, 6.45) is 2.01. The van der Waals surface area contributed by atoms with Crippen LogP contribution in [0.15, 0.2) is 24.3 Å². The average Bonchev–Trinajstić information content (AvgIpc) is 3.31. The van der Waals surface area contributed by atoms with E-state index in [2.05, 4.69) is 0 Å². The monoisotopic (exact) mass is 449 g/mol. The third-order valence-corrected chi connectivity index (χ3v) is 7.18. The first kappa shape index (κ1) is 23.2. The molecule has 0 amide bonds. The quantitative estimate of drug-likeness (QED) is 0.520. The van der Waals surface area contributed by atoms with E-state index in [9.17, 15) is 5.21 Å². The Bertz CT molecular complexity index is 881. The lowest BCUT2D eigenvalue weighted by atomic mass is 10.0. The predicted molar refractivity (Wildman–Crippen MR) is 123 cm³/mol. The number of hydrogen-bond acceptors (Lipinski definition) is 8. The second-order valence-corrected chi connectivity index (χ2v) is 8.55. The van der Waals surface area contributed by atoms with Crippen molar-refractivity contribution in [2.45, 2.75) is 30.3 Å². The molecule has 2 atom stereocenters. The van der Waals surface area contributed by atoms with Crippen LogP contribution in [0.5, 0.6) is 28.7 Å². The molecule has 0 saturated carbocycles. The summed E-state index contributed by atoms with van der Waals surface area (Å²) in [4.78, 5) is 0. The topological polar surface area (TPSA) is 69.6 Å². The Morgan fingerprint density at radius 3 is 1.65 bits per heavy atom. The molecule has 3 rings (SSSR count). The standard InChI is InChI=1S/C23H31NO6S/c1-7-24(25)16-10-14(11-17(26-2)22(16)29-5)20-8-9-21(31-20)15-12-18(27-3)23(30-6)19(13-15)28-4/h10-13,20-21,25H,7-9H2,1-6H3/t20-,21-/m1/s1. The first-order valence-electron chi connectivity index (χ1n) is 10.2. The molecule has 170 valence electrons. The first-order valence-corrected chi connectivity index (χ1v) is 11.1. The van der Waals surface area contributed by atoms with Crippen LogP contribution in [0.25, 0.3) is 0 Å². The largest absolute Gasteiger partial charge is 0.493 e. The third kappa shape index (κ3) is 4.60. The van der Waals surface area contributed by atoms with E-state index in [4.69, 9.17) is 23.7 Å². The van der Waals surface area contributed by atoms with E-state index in [1.165, 1.54) is 5.06 Å². The highest BCUT2D eigenvalue weighted by Gasteiger charge is 2.31. The lowest BCUT2D eigenvalue weighted by Gasteiger charge is -2.22. The summed E-state index contributed by atoms with van der Waals surface area (Å²) in [5, 5.41) is 12.1. The van der Waals surface area contributed by atoms with Gasteiger partial charge < -0.3 is 23.7 Å². The Morgan fingerprint density at radius 2 is 1.23 bits per heavy atom. The van der Waals surface area contributed by atoms with E-state index in [1.807, 2.05) is 43.0 Å². The van der Waals surface area contributed by atoms with Crippen molar-refractivity contribution in [3.05, 3.63) is 35.4 Å². The first-order chi connectivity index (χ1) is 15.0. The Balaban J connectivity index is 1.92. The number of methoxy groups -OCH3 is 5. The number of thioether (sulfide) groups is 1. The van der Waals surface area contributed by atoms with Gasteiger partial charge in [-0.3, -0.25) is 10.3 Å². The highest BCUT2D eigenvalue weighted by molar-refractivity contribution is 8.00. The molecule has 2 aromatic rings. The van der Waals surface area contributed by atoms with Crippen molar-refractivity contribution < 1.29 is 28.9 Å². The number of rotatable bonds is 9. The van der Waals surface area contributed by atoms with Gasteiger partial charge in [-0.05, 0) is 55.2 Å². The summed E-state index contributed by atoms with van der Waals surface area (Å²) < 4.78 is 27.5. The van der Waals surface area contributed by atoms with E-state index in [1.54, 1.807) is 35.5 Å². The summed E-state index contributed by atoms with van der Waals surface area (Å²) in [5.74, 6) is 3.06. The van der Waals surface area contributed by atoms with Crippen LogP contribution in [0.1, 0.15) is 41.4 Å². The molecule has 1 aliphatic heterocycles. The number of ether oxygens (including phenoxy) is 5. The summed E-state index contributed by atoms with van der Waals surface area (Å²) in [6, 6.07) is 8.03. The van der Waals surface area contributed by atoms with Crippen LogP contribution in [-0.2, 0) is 0 Å². The fourth-order valence-corrected chi connectivity index (χ4v) is 5.46. The van der Waals surface area contributed by atoms with Crippen molar-refractivity contribution in [1.29, 1.82) is 0 Å². The molecule has 0 unspecified atom stereocenters. The molecule has 1 fully saturated rings. The molecule has 1 N–H and O–H groups in total. The van der Waals surface area contributed by atoms with E-state index in [0.717, 1.165) is 24.0 Å². The zero-order valence-electron chi connectivity index (χ0n) is 18.9. The van der Waals surface area contributed by atoms with E-state index in [-0.39, 0.29) is 10.5 Å². The molecule has 7 nitrogen and oxygen atoms in total. The highest BCUT2D eigenvalue weighted by atomic mass is 32.2. The van der Waals surface area contributed by atoms with Crippen LogP contribution in [0.2, 0.25) is 0 Å². The van der Waals surface area contributed by atoms with Gasteiger partial charge in [0, 0.05) is 17.0 Å². The summed E-state index contributed by atoms with van der Waals surface area (Å²) in [7, 11) is 8.06. The van der Waals surface area contributed by atoms with Gasteiger partial charge in [0.05, 0.1) is 35.5 Å². The fraction of sp³-hybridized carbons (Fsp3) is 0.478. The Hall–Kier alpha value is -2.45. The lowest BCUT2D eigenvalue weighted by molar-refractivity contribution is 0.253. The molecule has 0 radical (unpaired) electrons. The maximum atomic E-state index is 10.4. The molecular formula is C23H31NO6S. The normalized spacial score (nSPS) is 17.9. The van der Waals surface area contributed by atoms with Crippen molar-refractivity contribution in [2.75, 3.05) is 47.2 Å². The second kappa shape index (κ2) is 10.2. The third-order valence-electron chi connectivity index (χ3n) is 5.51. The summed E-state index contributed by atoms with van der Waals surface area (Å²) >= 11 is 1.88. The van der Waals surface area contributed by atoms with Crippen molar-refractivity contribution >= 4 is 17.4 Å². The van der Waals surface area contributed by atoms with Gasteiger partial charge in [-0.15, -0.1) is 11.8 Å². The number of hydrogen-bond donors (Lipinski definition) is 1. The smallest absolute Gasteiger partial charge is 0.203 e. The lowest BCUT2D eigenvalue weighted by Crippen LogP contribution is -2.18. The molecule has 31 heavy (non-hydrogen) atoms. The Labute approximate surface area is 188 Å². The number of benzene rings is 2. The van der Waals surface area contributed by atoms with Crippen molar-refractivity contribution in [2.24, 2.45) is 0 Å². The molecule has 2 aromatic carbocycles. The molecule has 0 aromatic heterocycles. The summed E-state index contributed by atoms with van der Waals surface area (Å²) in [5.41, 5.74) is 2.84. The zero-order valence-corrected chi connectivity index (χ0v) is 19.7. The van der Waals surface area contributed by atoms with E-state index in [0.29, 0.717) is 41.0 Å². The SMILES string of the molecule is CCN(O)c1cc([C@H]2CC[C@H](c3cc(OC)c(OC)c(OC)c3)S2)cc(OC)c1OC. The van der Waals surface area contributed by atoms with E-state index >= 15 is 0 Å². The minimum atomic E-state index is 0.257. The van der Waals surface area contributed by atoms with Crippen molar-refractivity contribution in [3.8, 4) is 28.7 Å². The van der Waals surface area contributed by atoms with Gasteiger partial charge >= 0.3 is 0 Å². The van der Waals surface area contributed by atoms with Crippen LogP contribution in [0, 0.1) is 0 Å². The molecule has 1 heterocycles. The minimum absolute atomic E-state index is 0.257. The molecule has 8 heteroatoms. The van der Waals surface area contributed by atoms with Gasteiger partial charge in [-0.2, -0.15) is 0 Å². The number of hydroxylamine groups is 1. The van der Waals surface area contributed by atoms with Gasteiger partial charge in [-0.1, -0.05) is 0 Å². The van der Waals surface area contributed by atoms with Crippen LogP contribution in [0.3, 0.4) is 0 Å². The summed E-state index contributed by atoms with van der Waals surface area (Å²) in [6.45, 7) is 2.32. The fourth-order valence-electron chi connectivity index (χ4n) is 3.93. The molecule has 1 aliphatic rings. The predicted octanol–water partition coefficient (Wildman–Crippen LogP) is 5.25. The van der Waals surface area contributed by atoms with Crippen LogP contribution >= 0.6 is 11.8 Å². The zero-order chi connectivity index (χ0) is 22.5. The van der Waals surface area contributed by atoms with Gasteiger partial charge in [0.1, 0.15) is 5.69 Å². The Morgan fingerprint density at radius 1 is 0.774 bits per heavy atom. The average molecular weight is 450 g/mol. The van der Waals surface area contributed by atoms with Gasteiger partial charge in [0.2, 0.25) is 5.75 Å². The van der Waals surface area contributed by atoms with Gasteiger partial charge in [0.15, 0.2) is 23.0 Å². The maximum Gasteiger partial charge on any atom is 0.203 e. The van der Waals surface area contributed by atoms with Crippen LogP contribution in [-0.4, -0.2) is 47.3 Å².